The molecule has 2 aliphatic rings. The van der Waals surface area contributed by atoms with Crippen LogP contribution < -0.4 is 10.6 Å². The van der Waals surface area contributed by atoms with Crippen LogP contribution in [0.5, 0.6) is 0 Å². The molecule has 7 heteroatoms. The molecule has 0 bridgehead atoms. The molecule has 36 heavy (non-hydrogen) atoms. The van der Waals surface area contributed by atoms with Gasteiger partial charge in [-0.05, 0) is 49.2 Å². The van der Waals surface area contributed by atoms with Crippen molar-refractivity contribution in [3.8, 4) is 11.1 Å². The zero-order chi connectivity index (χ0) is 25.2. The van der Waals surface area contributed by atoms with E-state index < -0.39 is 23.6 Å². The molecular weight excluding hydrogens is 456 g/mol. The number of hydrogen-bond acceptors (Lipinski definition) is 5. The highest BCUT2D eigenvalue weighted by Gasteiger charge is 2.61. The van der Waals surface area contributed by atoms with Gasteiger partial charge in [0, 0.05) is 17.7 Å². The van der Waals surface area contributed by atoms with Crippen molar-refractivity contribution < 1.29 is 23.8 Å². The quantitative estimate of drug-likeness (QED) is 0.531. The van der Waals surface area contributed by atoms with Crippen LogP contribution in [0.15, 0.2) is 84.9 Å². The molecule has 2 amide bonds. The fourth-order valence-electron chi connectivity index (χ4n) is 4.89. The van der Waals surface area contributed by atoms with Gasteiger partial charge in [-0.15, -0.1) is 0 Å². The molecule has 2 heterocycles. The Bertz CT molecular complexity index is 1230. The fourth-order valence-corrected chi connectivity index (χ4v) is 4.89. The van der Waals surface area contributed by atoms with Crippen molar-refractivity contribution in [3.05, 3.63) is 96.1 Å². The number of carbonyl (C=O) groups is 2. The largest absolute Gasteiger partial charge is 0.370 e. The third-order valence-corrected chi connectivity index (χ3v) is 6.54. The van der Waals surface area contributed by atoms with Gasteiger partial charge in [-0.3, -0.25) is 9.59 Å². The molecule has 0 aliphatic carbocycles. The van der Waals surface area contributed by atoms with Crippen LogP contribution in [0.2, 0.25) is 0 Å². The normalized spacial score (nSPS) is 24.2. The Morgan fingerprint density at radius 3 is 2.22 bits per heavy atom. The minimum atomic E-state index is -0.837. The summed E-state index contributed by atoms with van der Waals surface area (Å²) in [4.78, 5) is 25.6. The maximum atomic E-state index is 13.0. The van der Waals surface area contributed by atoms with Crippen molar-refractivity contribution in [1.82, 2.24) is 10.6 Å². The maximum absolute atomic E-state index is 13.0. The molecule has 5 rings (SSSR count). The Balaban J connectivity index is 1.24. The van der Waals surface area contributed by atoms with E-state index in [-0.39, 0.29) is 31.5 Å². The molecule has 186 valence electrons. The van der Waals surface area contributed by atoms with E-state index in [1.807, 2.05) is 80.6 Å². The van der Waals surface area contributed by atoms with E-state index in [4.69, 9.17) is 14.2 Å². The lowest BCUT2D eigenvalue weighted by molar-refractivity contribution is -0.188. The maximum Gasteiger partial charge on any atom is 0.251 e. The minimum Gasteiger partial charge on any atom is -0.370 e. The van der Waals surface area contributed by atoms with Crippen LogP contribution in [0, 0.1) is 0 Å². The number of carbonyl (C=O) groups excluding carboxylic acids is 2. The van der Waals surface area contributed by atoms with E-state index in [1.165, 1.54) is 0 Å². The number of nitrogens with one attached hydrogen (secondary N) is 2. The Morgan fingerprint density at radius 1 is 0.833 bits per heavy atom. The van der Waals surface area contributed by atoms with E-state index in [2.05, 4.69) is 10.6 Å². The van der Waals surface area contributed by atoms with Gasteiger partial charge in [0.25, 0.3) is 11.8 Å². The fraction of sp³-hybridized carbons (Fsp3) is 0.310. The lowest BCUT2D eigenvalue weighted by Crippen LogP contribution is -2.52. The Labute approximate surface area is 210 Å². The van der Waals surface area contributed by atoms with Crippen LogP contribution in [0.1, 0.15) is 34.6 Å². The average Bonchev–Trinajstić information content (AvgIpc) is 3.36. The van der Waals surface area contributed by atoms with E-state index in [9.17, 15) is 9.59 Å². The van der Waals surface area contributed by atoms with Crippen molar-refractivity contribution in [1.29, 1.82) is 0 Å². The van der Waals surface area contributed by atoms with Gasteiger partial charge in [0.2, 0.25) is 0 Å². The molecular formula is C29H30N2O5. The summed E-state index contributed by atoms with van der Waals surface area (Å²) in [5.41, 5.74) is 2.33. The van der Waals surface area contributed by atoms with Gasteiger partial charge in [0.1, 0.15) is 17.8 Å². The molecule has 2 fully saturated rings. The molecule has 3 aromatic rings. The standard InChI is InChI=1S/C29H30N2O5/c1-28(2)35-25-24(34-19-29(25,36-28)18-31-26(32)21-12-7-4-8-13-21)17-30-27(33)23-15-9-14-22(16-23)20-10-5-3-6-11-20/h3-16,24-25H,17-19H2,1-2H3,(H,30,33)(H,31,32)/t24-,25-,29+/m1/s1. The molecule has 2 aliphatic heterocycles. The lowest BCUT2D eigenvalue weighted by atomic mass is 9.96. The van der Waals surface area contributed by atoms with Crippen LogP contribution in [0.3, 0.4) is 0 Å². The molecule has 3 aromatic carbocycles. The molecule has 0 radical (unpaired) electrons. The van der Waals surface area contributed by atoms with Crippen LogP contribution in [-0.4, -0.2) is 55.1 Å². The first-order valence-corrected chi connectivity index (χ1v) is 12.1. The second kappa shape index (κ2) is 9.85. The Kier molecular flexibility index (Phi) is 6.62. The van der Waals surface area contributed by atoms with E-state index in [1.54, 1.807) is 18.2 Å². The molecule has 3 atom stereocenters. The lowest BCUT2D eigenvalue weighted by Gasteiger charge is -2.27. The number of ether oxygens (including phenoxy) is 3. The van der Waals surface area contributed by atoms with Crippen molar-refractivity contribution >= 4 is 11.8 Å². The van der Waals surface area contributed by atoms with E-state index >= 15 is 0 Å². The molecule has 2 N–H and O–H groups in total. The third kappa shape index (κ3) is 5.04. The minimum absolute atomic E-state index is 0.188. The smallest absolute Gasteiger partial charge is 0.251 e. The summed E-state index contributed by atoms with van der Waals surface area (Å²) >= 11 is 0. The van der Waals surface area contributed by atoms with Gasteiger partial charge < -0.3 is 24.8 Å². The highest BCUT2D eigenvalue weighted by atomic mass is 16.8. The summed E-state index contributed by atoms with van der Waals surface area (Å²) in [7, 11) is 0. The molecule has 0 unspecified atom stereocenters. The summed E-state index contributed by atoms with van der Waals surface area (Å²) in [6, 6.07) is 26.5. The van der Waals surface area contributed by atoms with Crippen LogP contribution in [0.25, 0.3) is 11.1 Å². The Hall–Kier alpha value is -3.52. The first-order chi connectivity index (χ1) is 17.4. The highest BCUT2D eigenvalue weighted by Crippen LogP contribution is 2.43. The van der Waals surface area contributed by atoms with Gasteiger partial charge in [-0.25, -0.2) is 0 Å². The van der Waals surface area contributed by atoms with Gasteiger partial charge in [0.05, 0.1) is 13.2 Å². The summed E-state index contributed by atoms with van der Waals surface area (Å²) in [5.74, 6) is -1.21. The summed E-state index contributed by atoms with van der Waals surface area (Å²) < 4.78 is 18.5. The number of rotatable bonds is 7. The van der Waals surface area contributed by atoms with E-state index in [0.29, 0.717) is 11.1 Å². The summed E-state index contributed by atoms with van der Waals surface area (Å²) in [5, 5.41) is 5.94. The van der Waals surface area contributed by atoms with Gasteiger partial charge in [0.15, 0.2) is 5.79 Å². The molecule has 0 saturated carbocycles. The van der Waals surface area contributed by atoms with Crippen molar-refractivity contribution in [3.63, 3.8) is 0 Å². The zero-order valence-corrected chi connectivity index (χ0v) is 20.4. The number of fused-ring (bicyclic) bond motifs is 1. The van der Waals surface area contributed by atoms with Crippen LogP contribution in [0.4, 0.5) is 0 Å². The van der Waals surface area contributed by atoms with Crippen LogP contribution >= 0.6 is 0 Å². The van der Waals surface area contributed by atoms with E-state index in [0.717, 1.165) is 11.1 Å². The van der Waals surface area contributed by atoms with Crippen molar-refractivity contribution in [2.45, 2.75) is 37.4 Å². The predicted octanol–water partition coefficient (Wildman–Crippen LogP) is 3.80. The SMILES string of the molecule is CC1(C)O[C@@H]2[C@@H](CNC(=O)c3cccc(-c4ccccc4)c3)OC[C@]2(CNC(=O)c2ccccc2)O1. The zero-order valence-electron chi connectivity index (χ0n) is 20.4. The third-order valence-electron chi connectivity index (χ3n) is 6.54. The monoisotopic (exact) mass is 486 g/mol. The number of amides is 2. The van der Waals surface area contributed by atoms with Gasteiger partial charge >= 0.3 is 0 Å². The molecule has 0 spiro atoms. The second-order valence-corrected chi connectivity index (χ2v) is 9.66. The number of hydrogen-bond donors (Lipinski definition) is 2. The highest BCUT2D eigenvalue weighted by molar-refractivity contribution is 5.95. The first kappa shape index (κ1) is 24.2. The van der Waals surface area contributed by atoms with Crippen molar-refractivity contribution in [2.75, 3.05) is 19.7 Å². The predicted molar refractivity (Wildman–Crippen MR) is 135 cm³/mol. The Morgan fingerprint density at radius 2 is 1.47 bits per heavy atom. The molecule has 2 saturated heterocycles. The van der Waals surface area contributed by atoms with Crippen molar-refractivity contribution in [2.24, 2.45) is 0 Å². The molecule has 0 aromatic heterocycles. The van der Waals surface area contributed by atoms with Crippen LogP contribution in [-0.2, 0) is 14.2 Å². The van der Waals surface area contributed by atoms with Gasteiger partial charge in [-0.2, -0.15) is 0 Å². The summed E-state index contributed by atoms with van der Waals surface area (Å²) in [6.45, 7) is 4.43. The van der Waals surface area contributed by atoms with Gasteiger partial charge in [-0.1, -0.05) is 60.7 Å². The second-order valence-electron chi connectivity index (χ2n) is 9.66. The molecule has 7 nitrogen and oxygen atoms in total. The topological polar surface area (TPSA) is 85.9 Å². The number of benzene rings is 3. The summed E-state index contributed by atoms with van der Waals surface area (Å²) in [6.07, 6.45) is -0.860. The average molecular weight is 487 g/mol. The first-order valence-electron chi connectivity index (χ1n) is 12.1.